The molecule has 70 valence electrons. The Kier molecular flexibility index (Phi) is 3.42. The van der Waals surface area contributed by atoms with E-state index in [0.717, 1.165) is 0 Å². The molecule has 3 N–H and O–H groups in total. The van der Waals surface area contributed by atoms with Crippen molar-refractivity contribution in [2.75, 3.05) is 0 Å². The van der Waals surface area contributed by atoms with E-state index < -0.39 is 12.0 Å². The lowest BCUT2D eigenvalue weighted by atomic mass is 10.3. The molecule has 4 nitrogen and oxygen atoms in total. The lowest BCUT2D eigenvalue weighted by molar-refractivity contribution is -0.136. The minimum absolute atomic E-state index is 0.395. The van der Waals surface area contributed by atoms with Gasteiger partial charge in [0.1, 0.15) is 11.8 Å². The summed E-state index contributed by atoms with van der Waals surface area (Å²) < 4.78 is 4.99. The van der Waals surface area contributed by atoms with E-state index in [9.17, 15) is 4.79 Å². The molecule has 1 aromatic rings. The van der Waals surface area contributed by atoms with Crippen molar-refractivity contribution in [2.45, 2.75) is 13.0 Å². The molecule has 1 rings (SSSR count). The molecule has 0 aliphatic carbocycles. The number of esters is 1. The molecule has 0 spiro atoms. The molecule has 0 bridgehead atoms. The van der Waals surface area contributed by atoms with Crippen LogP contribution in [-0.4, -0.2) is 12.0 Å². The van der Waals surface area contributed by atoms with Gasteiger partial charge in [-0.25, -0.2) is 10.2 Å². The second kappa shape index (κ2) is 4.59. The van der Waals surface area contributed by atoms with Gasteiger partial charge < -0.3 is 4.74 Å². The molecule has 0 aliphatic rings. The SMILES string of the molecule is C[C@H](NN)C(=O)Oc1ccccc1. The minimum Gasteiger partial charge on any atom is -0.425 e. The van der Waals surface area contributed by atoms with E-state index in [1.54, 1.807) is 31.2 Å². The molecule has 0 radical (unpaired) electrons. The first-order valence-corrected chi connectivity index (χ1v) is 3.97. The highest BCUT2D eigenvalue weighted by molar-refractivity contribution is 5.77. The summed E-state index contributed by atoms with van der Waals surface area (Å²) in [7, 11) is 0. The first-order chi connectivity index (χ1) is 6.24. The number of para-hydroxylation sites is 1. The largest absolute Gasteiger partial charge is 0.425 e. The number of carbonyl (C=O) groups excluding carboxylic acids is 1. The predicted molar refractivity (Wildman–Crippen MR) is 48.9 cm³/mol. The maximum absolute atomic E-state index is 11.2. The lowest BCUT2D eigenvalue weighted by Gasteiger charge is -2.08. The van der Waals surface area contributed by atoms with Gasteiger partial charge in [-0.05, 0) is 19.1 Å². The number of carbonyl (C=O) groups is 1. The topological polar surface area (TPSA) is 64.3 Å². The Hall–Kier alpha value is -1.39. The average Bonchev–Trinajstić information content (AvgIpc) is 2.18. The van der Waals surface area contributed by atoms with Gasteiger partial charge in [0, 0.05) is 0 Å². The van der Waals surface area contributed by atoms with Crippen molar-refractivity contribution in [1.29, 1.82) is 0 Å². The minimum atomic E-state index is -0.500. The van der Waals surface area contributed by atoms with E-state index in [0.29, 0.717) is 5.75 Å². The first-order valence-electron chi connectivity index (χ1n) is 3.97. The van der Waals surface area contributed by atoms with Crippen LogP contribution >= 0.6 is 0 Å². The van der Waals surface area contributed by atoms with Crippen molar-refractivity contribution in [2.24, 2.45) is 5.84 Å². The summed E-state index contributed by atoms with van der Waals surface area (Å²) in [4.78, 5) is 11.2. The smallest absolute Gasteiger partial charge is 0.329 e. The summed E-state index contributed by atoms with van der Waals surface area (Å²) in [6, 6.07) is 8.36. The quantitative estimate of drug-likeness (QED) is 0.307. The zero-order valence-electron chi connectivity index (χ0n) is 7.36. The molecule has 13 heavy (non-hydrogen) atoms. The van der Waals surface area contributed by atoms with E-state index in [2.05, 4.69) is 5.43 Å². The molecule has 0 fully saturated rings. The van der Waals surface area contributed by atoms with Gasteiger partial charge in [0.05, 0.1) is 0 Å². The van der Waals surface area contributed by atoms with Crippen LogP contribution < -0.4 is 16.0 Å². The Morgan fingerprint density at radius 2 is 2.08 bits per heavy atom. The van der Waals surface area contributed by atoms with Crippen LogP contribution in [0.4, 0.5) is 0 Å². The van der Waals surface area contributed by atoms with E-state index in [4.69, 9.17) is 10.6 Å². The lowest BCUT2D eigenvalue weighted by Crippen LogP contribution is -2.41. The third-order valence-corrected chi connectivity index (χ3v) is 1.57. The molecular formula is C9H12N2O2. The van der Waals surface area contributed by atoms with Gasteiger partial charge in [-0.3, -0.25) is 5.84 Å². The van der Waals surface area contributed by atoms with Crippen LogP contribution in [0.5, 0.6) is 5.75 Å². The van der Waals surface area contributed by atoms with E-state index >= 15 is 0 Å². The molecule has 1 atom stereocenters. The second-order valence-electron chi connectivity index (χ2n) is 2.62. The van der Waals surface area contributed by atoms with Crippen LogP contribution in [0.25, 0.3) is 0 Å². The molecule has 1 aromatic carbocycles. The van der Waals surface area contributed by atoms with Crippen molar-refractivity contribution >= 4 is 5.97 Å². The fraction of sp³-hybridized carbons (Fsp3) is 0.222. The Labute approximate surface area is 76.7 Å². The van der Waals surface area contributed by atoms with Crippen LogP contribution in [0.2, 0.25) is 0 Å². The maximum Gasteiger partial charge on any atom is 0.329 e. The third kappa shape index (κ3) is 2.85. The summed E-state index contributed by atoms with van der Waals surface area (Å²) in [5.74, 6) is 5.20. The van der Waals surface area contributed by atoms with E-state index in [1.165, 1.54) is 0 Å². The molecule has 0 saturated carbocycles. The Bertz CT molecular complexity index is 274. The fourth-order valence-corrected chi connectivity index (χ4v) is 0.761. The van der Waals surface area contributed by atoms with Gasteiger partial charge in [-0.15, -0.1) is 0 Å². The van der Waals surface area contributed by atoms with Gasteiger partial charge in [0.15, 0.2) is 0 Å². The Balaban J connectivity index is 2.55. The number of rotatable bonds is 3. The number of nitrogens with two attached hydrogens (primary N) is 1. The number of nitrogens with one attached hydrogen (secondary N) is 1. The van der Waals surface area contributed by atoms with Crippen LogP contribution in [-0.2, 0) is 4.79 Å². The standard InChI is InChI=1S/C9H12N2O2/c1-7(11-10)9(12)13-8-5-3-2-4-6-8/h2-7,11H,10H2,1H3/t7-/m0/s1. The molecule has 0 aromatic heterocycles. The monoisotopic (exact) mass is 180 g/mol. The number of hydrogen-bond acceptors (Lipinski definition) is 4. The van der Waals surface area contributed by atoms with Crippen molar-refractivity contribution in [3.05, 3.63) is 30.3 Å². The average molecular weight is 180 g/mol. The number of hydrogen-bond donors (Lipinski definition) is 2. The van der Waals surface area contributed by atoms with Crippen molar-refractivity contribution in [1.82, 2.24) is 5.43 Å². The number of hydrazine groups is 1. The van der Waals surface area contributed by atoms with Gasteiger partial charge in [0.2, 0.25) is 0 Å². The van der Waals surface area contributed by atoms with Crippen molar-refractivity contribution in [3.63, 3.8) is 0 Å². The van der Waals surface area contributed by atoms with Gasteiger partial charge in [-0.1, -0.05) is 18.2 Å². The van der Waals surface area contributed by atoms with Crippen LogP contribution in [0.15, 0.2) is 30.3 Å². The molecule has 0 amide bonds. The van der Waals surface area contributed by atoms with Crippen molar-refractivity contribution < 1.29 is 9.53 Å². The molecular weight excluding hydrogens is 168 g/mol. The highest BCUT2D eigenvalue weighted by Crippen LogP contribution is 2.08. The number of ether oxygens (including phenoxy) is 1. The zero-order valence-corrected chi connectivity index (χ0v) is 7.36. The zero-order chi connectivity index (χ0) is 9.68. The second-order valence-corrected chi connectivity index (χ2v) is 2.62. The van der Waals surface area contributed by atoms with Gasteiger partial charge >= 0.3 is 5.97 Å². The first kappa shape index (κ1) is 9.70. The van der Waals surface area contributed by atoms with E-state index in [-0.39, 0.29) is 0 Å². The number of benzene rings is 1. The molecule has 0 heterocycles. The third-order valence-electron chi connectivity index (χ3n) is 1.57. The van der Waals surface area contributed by atoms with Crippen LogP contribution in [0.1, 0.15) is 6.92 Å². The normalized spacial score (nSPS) is 12.2. The Morgan fingerprint density at radius 3 is 2.62 bits per heavy atom. The highest BCUT2D eigenvalue weighted by atomic mass is 16.5. The van der Waals surface area contributed by atoms with Crippen LogP contribution in [0, 0.1) is 0 Å². The van der Waals surface area contributed by atoms with Gasteiger partial charge in [-0.2, -0.15) is 0 Å². The molecule has 0 aliphatic heterocycles. The summed E-state index contributed by atoms with van der Waals surface area (Å²) in [5.41, 5.74) is 2.31. The Morgan fingerprint density at radius 1 is 1.46 bits per heavy atom. The summed E-state index contributed by atoms with van der Waals surface area (Å²) in [5, 5.41) is 0. The van der Waals surface area contributed by atoms with E-state index in [1.807, 2.05) is 6.07 Å². The summed E-state index contributed by atoms with van der Waals surface area (Å²) >= 11 is 0. The summed E-state index contributed by atoms with van der Waals surface area (Å²) in [6.07, 6.45) is 0. The van der Waals surface area contributed by atoms with Crippen LogP contribution in [0.3, 0.4) is 0 Å². The molecule has 4 heteroatoms. The highest BCUT2D eigenvalue weighted by Gasteiger charge is 2.12. The molecule has 0 unspecified atom stereocenters. The maximum atomic E-state index is 11.2. The fourth-order valence-electron chi connectivity index (χ4n) is 0.761. The van der Waals surface area contributed by atoms with Gasteiger partial charge in [0.25, 0.3) is 0 Å². The molecule has 0 saturated heterocycles. The summed E-state index contributed by atoms with van der Waals surface area (Å²) in [6.45, 7) is 1.63. The van der Waals surface area contributed by atoms with Crippen molar-refractivity contribution in [3.8, 4) is 5.75 Å². The predicted octanol–water partition coefficient (Wildman–Crippen LogP) is 0.444.